The van der Waals surface area contributed by atoms with E-state index in [4.69, 9.17) is 9.84 Å². The number of carboxylic acid groups (broad SMARTS) is 1. The zero-order valence-corrected chi connectivity index (χ0v) is 14.6. The molecule has 1 aromatic heterocycles. The van der Waals surface area contributed by atoms with Crippen LogP contribution in [0.15, 0.2) is 6.20 Å². The number of nitrogens with zero attached hydrogens (tertiary/aromatic N) is 3. The van der Waals surface area contributed by atoms with E-state index in [-0.39, 0.29) is 18.2 Å². The molecule has 0 radical (unpaired) electrons. The lowest BCUT2D eigenvalue weighted by molar-refractivity contribution is -0.160. The Morgan fingerprint density at radius 2 is 2.00 bits per heavy atom. The Morgan fingerprint density at radius 1 is 1.38 bits per heavy atom. The number of nitrogens with one attached hydrogen (secondary N) is 1. The van der Waals surface area contributed by atoms with Gasteiger partial charge in [-0.15, -0.1) is 5.10 Å². The fourth-order valence-electron chi connectivity index (χ4n) is 1.87. The molecule has 24 heavy (non-hydrogen) atoms. The molecule has 0 spiro atoms. The molecule has 1 rings (SSSR count). The number of esters is 1. The number of aromatic carboxylic acids is 1. The van der Waals surface area contributed by atoms with E-state index in [0.717, 1.165) is 10.9 Å². The maximum atomic E-state index is 12.3. The fraction of sp³-hybridized carbons (Fsp3) is 0.667. The van der Waals surface area contributed by atoms with E-state index in [1.807, 2.05) is 13.8 Å². The number of rotatable bonds is 7. The Hall–Kier alpha value is -2.45. The largest absolute Gasteiger partial charge is 0.476 e. The van der Waals surface area contributed by atoms with Crippen molar-refractivity contribution in [2.24, 2.45) is 5.92 Å². The summed E-state index contributed by atoms with van der Waals surface area (Å²) in [5, 5.41) is 18.4. The topological polar surface area (TPSA) is 123 Å². The average molecular weight is 340 g/mol. The minimum absolute atomic E-state index is 0.117. The molecule has 1 heterocycles. The van der Waals surface area contributed by atoms with Gasteiger partial charge in [0.15, 0.2) is 5.69 Å². The smallest absolute Gasteiger partial charge is 0.358 e. The first-order chi connectivity index (χ1) is 11.0. The van der Waals surface area contributed by atoms with E-state index in [1.54, 1.807) is 20.8 Å². The Balaban J connectivity index is 2.76. The van der Waals surface area contributed by atoms with Gasteiger partial charge in [0.1, 0.15) is 18.2 Å². The second-order valence-corrected chi connectivity index (χ2v) is 6.57. The first-order valence-electron chi connectivity index (χ1n) is 7.69. The second-order valence-electron chi connectivity index (χ2n) is 6.57. The van der Waals surface area contributed by atoms with Gasteiger partial charge in [0.2, 0.25) is 5.91 Å². The number of ether oxygens (including phenoxy) is 1. The fourth-order valence-corrected chi connectivity index (χ4v) is 1.87. The van der Waals surface area contributed by atoms with Crippen LogP contribution in [0.1, 0.15) is 51.5 Å². The van der Waals surface area contributed by atoms with Crippen LogP contribution in [0.4, 0.5) is 0 Å². The molecule has 0 bridgehead atoms. The monoisotopic (exact) mass is 340 g/mol. The summed E-state index contributed by atoms with van der Waals surface area (Å²) in [5.74, 6) is -2.33. The van der Waals surface area contributed by atoms with Crippen LogP contribution >= 0.6 is 0 Å². The summed E-state index contributed by atoms with van der Waals surface area (Å²) in [6.45, 7) is 8.77. The van der Waals surface area contributed by atoms with Gasteiger partial charge in [-0.2, -0.15) is 0 Å². The van der Waals surface area contributed by atoms with E-state index in [0.29, 0.717) is 6.42 Å². The number of aromatic nitrogens is 3. The van der Waals surface area contributed by atoms with Gasteiger partial charge >= 0.3 is 11.9 Å². The van der Waals surface area contributed by atoms with E-state index in [2.05, 4.69) is 15.6 Å². The summed E-state index contributed by atoms with van der Waals surface area (Å²) in [7, 11) is 0. The molecule has 0 saturated heterocycles. The summed E-state index contributed by atoms with van der Waals surface area (Å²) in [5.41, 5.74) is -0.913. The normalized spacial score (nSPS) is 13.9. The van der Waals surface area contributed by atoms with E-state index >= 15 is 0 Å². The van der Waals surface area contributed by atoms with E-state index in [9.17, 15) is 14.4 Å². The Labute approximate surface area is 140 Å². The standard InChI is InChI=1S/C15H24N4O5/c1-6-9(2)12(14(23)24-15(3,4)5)16-11(20)8-19-7-10(13(21)22)17-18-19/h7,9,12H,6,8H2,1-5H3,(H,16,20)(H,21,22)/t9-,12-/m0/s1. The highest BCUT2D eigenvalue weighted by molar-refractivity contribution is 5.86. The second kappa shape index (κ2) is 7.89. The number of hydrogen-bond donors (Lipinski definition) is 2. The predicted octanol–water partition coefficient (Wildman–Crippen LogP) is 0.849. The third-order valence-corrected chi connectivity index (χ3v) is 3.25. The van der Waals surface area contributed by atoms with Crippen LogP contribution in [0.25, 0.3) is 0 Å². The molecule has 1 aromatic rings. The van der Waals surface area contributed by atoms with E-state index < -0.39 is 29.5 Å². The van der Waals surface area contributed by atoms with Gasteiger partial charge in [0.05, 0.1) is 6.20 Å². The molecule has 0 unspecified atom stereocenters. The van der Waals surface area contributed by atoms with Crippen molar-refractivity contribution in [1.29, 1.82) is 0 Å². The Morgan fingerprint density at radius 3 is 2.46 bits per heavy atom. The van der Waals surface area contributed by atoms with Crippen LogP contribution in [0.5, 0.6) is 0 Å². The van der Waals surface area contributed by atoms with E-state index in [1.165, 1.54) is 0 Å². The third-order valence-electron chi connectivity index (χ3n) is 3.25. The maximum Gasteiger partial charge on any atom is 0.358 e. The first kappa shape index (κ1) is 19.6. The van der Waals surface area contributed by atoms with Crippen molar-refractivity contribution in [2.45, 2.75) is 59.2 Å². The Bertz CT molecular complexity index is 605. The molecule has 0 fully saturated rings. The molecule has 9 nitrogen and oxygen atoms in total. The van der Waals surface area contributed by atoms with Crippen LogP contribution in [0, 0.1) is 5.92 Å². The summed E-state index contributed by atoms with van der Waals surface area (Å²) >= 11 is 0. The zero-order chi connectivity index (χ0) is 18.5. The van der Waals surface area contributed by atoms with Crippen LogP contribution < -0.4 is 5.32 Å². The van der Waals surface area contributed by atoms with Gasteiger partial charge in [-0.25, -0.2) is 14.3 Å². The molecule has 0 aliphatic rings. The van der Waals surface area contributed by atoms with Gasteiger partial charge in [0, 0.05) is 0 Å². The van der Waals surface area contributed by atoms with Crippen LogP contribution in [-0.4, -0.2) is 49.6 Å². The van der Waals surface area contributed by atoms with Crippen molar-refractivity contribution in [3.63, 3.8) is 0 Å². The summed E-state index contributed by atoms with van der Waals surface area (Å²) in [4.78, 5) is 35.2. The zero-order valence-electron chi connectivity index (χ0n) is 14.6. The van der Waals surface area contributed by atoms with Gasteiger partial charge in [-0.1, -0.05) is 25.5 Å². The third kappa shape index (κ3) is 5.98. The highest BCUT2D eigenvalue weighted by Gasteiger charge is 2.30. The number of carbonyl (C=O) groups is 3. The van der Waals surface area contributed by atoms with Gasteiger partial charge in [0.25, 0.3) is 0 Å². The molecule has 1 amide bonds. The molecule has 2 atom stereocenters. The lowest BCUT2D eigenvalue weighted by Crippen LogP contribution is -2.48. The van der Waals surface area contributed by atoms with Crippen LogP contribution in [0.3, 0.4) is 0 Å². The SMILES string of the molecule is CC[C@H](C)[C@H](NC(=O)Cn1cc(C(=O)O)nn1)C(=O)OC(C)(C)C. The van der Waals surface area contributed by atoms with Crippen LogP contribution in [0.2, 0.25) is 0 Å². The minimum Gasteiger partial charge on any atom is -0.476 e. The predicted molar refractivity (Wildman–Crippen MR) is 84.2 cm³/mol. The lowest BCUT2D eigenvalue weighted by Gasteiger charge is -2.27. The molecular weight excluding hydrogens is 316 g/mol. The molecule has 134 valence electrons. The van der Waals surface area contributed by atoms with Crippen molar-refractivity contribution in [1.82, 2.24) is 20.3 Å². The maximum absolute atomic E-state index is 12.3. The van der Waals surface area contributed by atoms with Crippen molar-refractivity contribution in [3.05, 3.63) is 11.9 Å². The molecule has 0 aliphatic carbocycles. The highest BCUT2D eigenvalue weighted by Crippen LogP contribution is 2.14. The van der Waals surface area contributed by atoms with Crippen molar-refractivity contribution in [2.75, 3.05) is 0 Å². The number of amides is 1. The average Bonchev–Trinajstić information content (AvgIpc) is 2.90. The van der Waals surface area contributed by atoms with Gasteiger partial charge < -0.3 is 15.2 Å². The lowest BCUT2D eigenvalue weighted by atomic mass is 9.99. The van der Waals surface area contributed by atoms with Crippen molar-refractivity contribution in [3.8, 4) is 0 Å². The molecule has 0 saturated carbocycles. The van der Waals surface area contributed by atoms with Crippen LogP contribution in [-0.2, 0) is 20.9 Å². The van der Waals surface area contributed by atoms with Crippen molar-refractivity contribution < 1.29 is 24.2 Å². The summed E-state index contributed by atoms with van der Waals surface area (Å²) in [6, 6.07) is -0.788. The van der Waals surface area contributed by atoms with Crippen molar-refractivity contribution >= 4 is 17.8 Å². The first-order valence-corrected chi connectivity index (χ1v) is 7.69. The molecule has 0 aliphatic heterocycles. The molecule has 9 heteroatoms. The number of carboxylic acids is 1. The van der Waals surface area contributed by atoms with Gasteiger partial charge in [-0.05, 0) is 26.7 Å². The van der Waals surface area contributed by atoms with Gasteiger partial charge in [-0.3, -0.25) is 4.79 Å². The summed E-state index contributed by atoms with van der Waals surface area (Å²) < 4.78 is 6.44. The number of carbonyl (C=O) groups excluding carboxylic acids is 2. The quantitative estimate of drug-likeness (QED) is 0.705. The highest BCUT2D eigenvalue weighted by atomic mass is 16.6. The number of hydrogen-bond acceptors (Lipinski definition) is 6. The molecule has 2 N–H and O–H groups in total. The Kier molecular flexibility index (Phi) is 6.44. The minimum atomic E-state index is -1.23. The molecule has 0 aromatic carbocycles. The summed E-state index contributed by atoms with van der Waals surface area (Å²) in [6.07, 6.45) is 1.82. The molecular formula is C15H24N4O5.